The number of fused-ring (bicyclic) bond motifs is 1. The van der Waals surface area contributed by atoms with Crippen molar-refractivity contribution in [2.45, 2.75) is 9.79 Å². The first-order chi connectivity index (χ1) is 11.7. The van der Waals surface area contributed by atoms with Crippen molar-refractivity contribution in [1.29, 1.82) is 0 Å². The molecule has 1 aromatic rings. The minimum Gasteiger partial charge on any atom is -0.235 e. The van der Waals surface area contributed by atoms with E-state index in [9.17, 15) is 0 Å². The van der Waals surface area contributed by atoms with E-state index in [0.29, 0.717) is 0 Å². The molecule has 0 saturated carbocycles. The summed E-state index contributed by atoms with van der Waals surface area (Å²) in [7, 11) is -0.826. The van der Waals surface area contributed by atoms with E-state index in [-0.39, 0.29) is 0 Å². The molecule has 5 nitrogen and oxygen atoms in total. The lowest BCUT2D eigenvalue weighted by Gasteiger charge is -2.17. The molecule has 1 heterocycles. The Hall–Kier alpha value is -1.32. The molecule has 0 bridgehead atoms. The van der Waals surface area contributed by atoms with Crippen LogP contribution in [0.3, 0.4) is 0 Å². The predicted octanol–water partition coefficient (Wildman–Crippen LogP) is -0.265. The summed E-state index contributed by atoms with van der Waals surface area (Å²) < 4.78 is 37.4. The quantitative estimate of drug-likeness (QED) is 0.605. The van der Waals surface area contributed by atoms with Crippen LogP contribution >= 0.6 is 23.5 Å². The van der Waals surface area contributed by atoms with Crippen LogP contribution in [-0.4, -0.2) is 24.4 Å². The molecular weight excluding hydrogens is 382 g/mol. The fraction of sp³-hybridized carbons (Fsp3) is 0.118. The van der Waals surface area contributed by atoms with Crippen LogP contribution in [0.1, 0.15) is 0 Å². The Morgan fingerprint density at radius 2 is 1.32 bits per heavy atom. The summed E-state index contributed by atoms with van der Waals surface area (Å²) in [5, 5.41) is 0. The molecule has 1 aliphatic carbocycles. The maximum absolute atomic E-state index is 8.49. The van der Waals surface area contributed by atoms with Crippen LogP contribution < -0.4 is 18.6 Å². The highest BCUT2D eigenvalue weighted by atomic mass is 35.7. The van der Waals surface area contributed by atoms with E-state index < -0.39 is 10.2 Å². The standard InChI is InChI=1S/C17H16NS2.ClHO4/c1-18(2)14-10-7-13(8-11-14)9-12-17-19-15-5-3-4-6-16(15)20-17;2-1(3,4)5/h3-12H,1-2H3;(H,2,3,4,5)/q+1;/p-1. The first-order valence-electron chi connectivity index (χ1n) is 7.11. The van der Waals surface area contributed by atoms with E-state index in [0.717, 1.165) is 0 Å². The van der Waals surface area contributed by atoms with Gasteiger partial charge in [-0.05, 0) is 35.9 Å². The zero-order chi connectivity index (χ0) is 18.4. The van der Waals surface area contributed by atoms with Gasteiger partial charge in [-0.2, -0.15) is 0 Å². The van der Waals surface area contributed by atoms with Crippen molar-refractivity contribution in [2.24, 2.45) is 0 Å². The molecule has 0 atom stereocenters. The maximum atomic E-state index is 8.49. The van der Waals surface area contributed by atoms with Gasteiger partial charge in [0.1, 0.15) is 14.1 Å². The van der Waals surface area contributed by atoms with Crippen molar-refractivity contribution in [3.63, 3.8) is 0 Å². The van der Waals surface area contributed by atoms with Crippen molar-refractivity contribution >= 4 is 29.2 Å². The summed E-state index contributed by atoms with van der Waals surface area (Å²) >= 11 is 3.70. The van der Waals surface area contributed by atoms with E-state index >= 15 is 0 Å². The molecule has 0 unspecified atom stereocenters. The van der Waals surface area contributed by atoms with Gasteiger partial charge in [-0.1, -0.05) is 41.7 Å². The van der Waals surface area contributed by atoms with Crippen LogP contribution in [0.4, 0.5) is 0 Å². The lowest BCUT2D eigenvalue weighted by Crippen LogP contribution is -2.68. The highest BCUT2D eigenvalue weighted by Crippen LogP contribution is 2.50. The SMILES string of the molecule is C[N+](C)=C1C=CC(=CC=C2Sc3ccccc3S2)C=C1.[O-][Cl+3]([O-])([O-])[O-]. The van der Waals surface area contributed by atoms with Crippen LogP contribution in [0, 0.1) is 10.2 Å². The van der Waals surface area contributed by atoms with E-state index in [1.807, 2.05) is 23.5 Å². The fourth-order valence-electron chi connectivity index (χ4n) is 1.97. The topological polar surface area (TPSA) is 95.2 Å². The summed E-state index contributed by atoms with van der Waals surface area (Å²) in [5.41, 5.74) is 2.46. The van der Waals surface area contributed by atoms with E-state index in [1.54, 1.807) is 0 Å². The van der Waals surface area contributed by atoms with Crippen LogP contribution in [0.25, 0.3) is 0 Å². The summed E-state index contributed by atoms with van der Waals surface area (Å²) in [5.74, 6) is 0. The van der Waals surface area contributed by atoms with Crippen molar-refractivity contribution in [1.82, 2.24) is 0 Å². The zero-order valence-electron chi connectivity index (χ0n) is 13.5. The van der Waals surface area contributed by atoms with E-state index in [2.05, 4.69) is 79.4 Å². The third-order valence-corrected chi connectivity index (χ3v) is 5.55. The van der Waals surface area contributed by atoms with Gasteiger partial charge in [0.15, 0.2) is 5.71 Å². The normalized spacial score (nSPS) is 15.5. The second kappa shape index (κ2) is 8.86. The Bertz CT molecular complexity index is 737. The molecule has 1 aromatic carbocycles. The second-order valence-electron chi connectivity index (χ2n) is 5.17. The van der Waals surface area contributed by atoms with Gasteiger partial charge in [-0.25, -0.2) is 23.2 Å². The van der Waals surface area contributed by atoms with Gasteiger partial charge in [-0.15, -0.1) is 10.2 Å². The Labute approximate surface area is 157 Å². The van der Waals surface area contributed by atoms with E-state index in [4.69, 9.17) is 18.6 Å². The molecule has 3 rings (SSSR count). The van der Waals surface area contributed by atoms with Crippen LogP contribution in [-0.2, 0) is 0 Å². The summed E-state index contributed by atoms with van der Waals surface area (Å²) in [4.78, 5) is 2.72. The third kappa shape index (κ3) is 7.21. The average molecular weight is 398 g/mol. The number of allylic oxidation sites excluding steroid dienone is 7. The Morgan fingerprint density at radius 3 is 1.76 bits per heavy atom. The molecule has 0 N–H and O–H groups in total. The van der Waals surface area contributed by atoms with Crippen LogP contribution in [0.2, 0.25) is 0 Å². The van der Waals surface area contributed by atoms with Crippen molar-refractivity contribution < 1.29 is 33.5 Å². The maximum Gasteiger partial charge on any atom is 0.199 e. The van der Waals surface area contributed by atoms with Gasteiger partial charge in [0.2, 0.25) is 0 Å². The minimum atomic E-state index is -4.94. The van der Waals surface area contributed by atoms with Crippen LogP contribution in [0.15, 0.2) is 80.3 Å². The van der Waals surface area contributed by atoms with Crippen molar-refractivity contribution in [3.8, 4) is 0 Å². The lowest BCUT2D eigenvalue weighted by molar-refractivity contribution is -2.00. The molecule has 0 saturated heterocycles. The number of thioether (sulfide) groups is 2. The van der Waals surface area contributed by atoms with Gasteiger partial charge in [0.05, 0.1) is 0 Å². The molecule has 0 aromatic heterocycles. The number of nitrogens with zero attached hydrogens (tertiary/aromatic N) is 1. The molecule has 0 radical (unpaired) electrons. The molecule has 0 fully saturated rings. The highest BCUT2D eigenvalue weighted by molar-refractivity contribution is 8.24. The number of rotatable bonds is 1. The molecule has 0 amide bonds. The predicted molar refractivity (Wildman–Crippen MR) is 89.7 cm³/mol. The second-order valence-corrected chi connectivity index (χ2v) is 8.35. The average Bonchev–Trinajstić information content (AvgIpc) is 2.94. The zero-order valence-corrected chi connectivity index (χ0v) is 15.9. The smallest absolute Gasteiger partial charge is 0.199 e. The molecule has 25 heavy (non-hydrogen) atoms. The summed E-state index contributed by atoms with van der Waals surface area (Å²) in [6.45, 7) is 0. The van der Waals surface area contributed by atoms with Crippen LogP contribution in [0.5, 0.6) is 0 Å². The number of hydrogen-bond acceptors (Lipinski definition) is 6. The summed E-state index contributed by atoms with van der Waals surface area (Å²) in [6, 6.07) is 8.55. The molecule has 2 aliphatic rings. The molecular formula is C17H16ClNO4S2. The van der Waals surface area contributed by atoms with E-state index in [1.165, 1.54) is 25.3 Å². The Balaban J connectivity index is 0.000000399. The lowest BCUT2D eigenvalue weighted by atomic mass is 10.1. The molecule has 132 valence electrons. The first-order valence-corrected chi connectivity index (χ1v) is 9.98. The van der Waals surface area contributed by atoms with Gasteiger partial charge < -0.3 is 0 Å². The molecule has 0 spiro atoms. The number of halogens is 1. The Kier molecular flexibility index (Phi) is 7.09. The fourth-order valence-corrected chi connectivity index (χ4v) is 4.26. The van der Waals surface area contributed by atoms with Crippen molar-refractivity contribution in [2.75, 3.05) is 14.1 Å². The molecule has 1 aliphatic heterocycles. The number of hydrogen-bond donors (Lipinski definition) is 0. The largest absolute Gasteiger partial charge is 0.235 e. The number of benzene rings is 1. The minimum absolute atomic E-state index is 1.23. The van der Waals surface area contributed by atoms with Gasteiger partial charge in [0, 0.05) is 26.2 Å². The summed E-state index contributed by atoms with van der Waals surface area (Å²) in [6.07, 6.45) is 13.0. The third-order valence-electron chi connectivity index (χ3n) is 3.09. The monoisotopic (exact) mass is 397 g/mol. The van der Waals surface area contributed by atoms with Gasteiger partial charge in [0.25, 0.3) is 0 Å². The Morgan fingerprint density at radius 1 is 0.840 bits per heavy atom. The first kappa shape index (κ1) is 20.0. The van der Waals surface area contributed by atoms with Gasteiger partial charge in [-0.3, -0.25) is 0 Å². The van der Waals surface area contributed by atoms with Gasteiger partial charge >= 0.3 is 0 Å². The van der Waals surface area contributed by atoms with Crippen molar-refractivity contribution in [3.05, 3.63) is 70.5 Å². The highest BCUT2D eigenvalue weighted by Gasteiger charge is 2.15. The molecule has 8 heteroatoms.